The van der Waals surface area contributed by atoms with Gasteiger partial charge in [-0.05, 0) is 24.6 Å². The SMILES string of the molecule is CC[C@H](N)C(=O)N(C)Cc1cc(C#N)ccc1F. The molecule has 0 spiro atoms. The molecule has 0 unspecified atom stereocenters. The van der Waals surface area contributed by atoms with Crippen LogP contribution in [0.1, 0.15) is 24.5 Å². The van der Waals surface area contributed by atoms with Gasteiger partial charge in [-0.3, -0.25) is 4.79 Å². The Bertz CT molecular complexity index is 482. The third-order valence-electron chi connectivity index (χ3n) is 2.72. The van der Waals surface area contributed by atoms with Crippen molar-refractivity contribution >= 4 is 5.91 Å². The highest BCUT2D eigenvalue weighted by Crippen LogP contribution is 2.12. The van der Waals surface area contributed by atoms with Gasteiger partial charge in [0.1, 0.15) is 5.82 Å². The number of amides is 1. The molecule has 0 saturated carbocycles. The molecule has 0 fully saturated rings. The average molecular weight is 249 g/mol. The van der Waals surface area contributed by atoms with Crippen LogP contribution < -0.4 is 5.73 Å². The predicted octanol–water partition coefficient (Wildman–Crippen LogP) is 1.39. The number of likely N-dealkylation sites (N-methyl/N-ethyl adjacent to an activating group) is 1. The number of nitriles is 1. The number of nitrogens with two attached hydrogens (primary N) is 1. The zero-order valence-electron chi connectivity index (χ0n) is 10.5. The maximum atomic E-state index is 13.5. The van der Waals surface area contributed by atoms with Crippen LogP contribution in [0.2, 0.25) is 0 Å². The highest BCUT2D eigenvalue weighted by Gasteiger charge is 2.17. The van der Waals surface area contributed by atoms with Gasteiger partial charge in [-0.2, -0.15) is 5.26 Å². The molecule has 0 aliphatic rings. The van der Waals surface area contributed by atoms with E-state index in [1.165, 1.54) is 23.1 Å². The molecule has 0 bridgehead atoms. The molecule has 1 aromatic rings. The molecular formula is C13H16FN3O. The van der Waals surface area contributed by atoms with Crippen LogP contribution in [0.3, 0.4) is 0 Å². The summed E-state index contributed by atoms with van der Waals surface area (Å²) in [6.45, 7) is 1.92. The summed E-state index contributed by atoms with van der Waals surface area (Å²) in [6, 6.07) is 5.43. The molecule has 0 aliphatic heterocycles. The summed E-state index contributed by atoms with van der Waals surface area (Å²) in [5, 5.41) is 8.75. The van der Waals surface area contributed by atoms with Crippen molar-refractivity contribution in [1.29, 1.82) is 5.26 Å². The molecule has 1 amide bonds. The Morgan fingerprint density at radius 3 is 2.83 bits per heavy atom. The number of hydrogen-bond donors (Lipinski definition) is 1. The molecule has 5 heteroatoms. The third kappa shape index (κ3) is 3.28. The molecule has 1 aromatic carbocycles. The topological polar surface area (TPSA) is 70.1 Å². The van der Waals surface area contributed by atoms with Crippen LogP contribution in [-0.2, 0) is 11.3 Å². The predicted molar refractivity (Wildman–Crippen MR) is 65.9 cm³/mol. The number of carbonyl (C=O) groups is 1. The van der Waals surface area contributed by atoms with Gasteiger partial charge < -0.3 is 10.6 Å². The molecule has 0 aliphatic carbocycles. The second-order valence-electron chi connectivity index (χ2n) is 4.13. The summed E-state index contributed by atoms with van der Waals surface area (Å²) in [5.41, 5.74) is 6.31. The second kappa shape index (κ2) is 6.12. The summed E-state index contributed by atoms with van der Waals surface area (Å²) in [5.74, 6) is -0.669. The third-order valence-corrected chi connectivity index (χ3v) is 2.72. The molecule has 1 atom stereocenters. The van der Waals surface area contributed by atoms with Crippen LogP contribution in [0.15, 0.2) is 18.2 Å². The maximum Gasteiger partial charge on any atom is 0.239 e. The Hall–Kier alpha value is -1.93. The lowest BCUT2D eigenvalue weighted by atomic mass is 10.1. The van der Waals surface area contributed by atoms with Crippen molar-refractivity contribution in [1.82, 2.24) is 4.90 Å². The lowest BCUT2D eigenvalue weighted by molar-refractivity contribution is -0.131. The molecule has 0 radical (unpaired) electrons. The van der Waals surface area contributed by atoms with Crippen molar-refractivity contribution in [2.45, 2.75) is 25.9 Å². The van der Waals surface area contributed by atoms with Crippen LogP contribution in [0, 0.1) is 17.1 Å². The van der Waals surface area contributed by atoms with Crippen molar-refractivity contribution in [3.8, 4) is 6.07 Å². The van der Waals surface area contributed by atoms with Crippen molar-refractivity contribution in [3.05, 3.63) is 35.1 Å². The summed E-state index contributed by atoms with van der Waals surface area (Å²) >= 11 is 0. The van der Waals surface area contributed by atoms with E-state index in [0.717, 1.165) is 0 Å². The minimum atomic E-state index is -0.572. The minimum Gasteiger partial charge on any atom is -0.340 e. The van der Waals surface area contributed by atoms with E-state index in [1.54, 1.807) is 7.05 Å². The van der Waals surface area contributed by atoms with E-state index in [1.807, 2.05) is 13.0 Å². The first kappa shape index (κ1) is 14.1. The smallest absolute Gasteiger partial charge is 0.239 e. The molecule has 0 aromatic heterocycles. The Morgan fingerprint density at radius 1 is 1.61 bits per heavy atom. The molecule has 18 heavy (non-hydrogen) atoms. The summed E-state index contributed by atoms with van der Waals surface area (Å²) in [4.78, 5) is 13.1. The lowest BCUT2D eigenvalue weighted by Crippen LogP contribution is -2.41. The number of rotatable bonds is 4. The Labute approximate surface area is 106 Å². The van der Waals surface area contributed by atoms with Gasteiger partial charge >= 0.3 is 0 Å². The van der Waals surface area contributed by atoms with E-state index in [9.17, 15) is 9.18 Å². The van der Waals surface area contributed by atoms with Crippen molar-refractivity contribution in [2.75, 3.05) is 7.05 Å². The van der Waals surface area contributed by atoms with E-state index in [-0.39, 0.29) is 12.5 Å². The van der Waals surface area contributed by atoms with Gasteiger partial charge in [0, 0.05) is 19.2 Å². The number of hydrogen-bond acceptors (Lipinski definition) is 3. The Morgan fingerprint density at radius 2 is 2.28 bits per heavy atom. The van der Waals surface area contributed by atoms with Crippen LogP contribution in [0.25, 0.3) is 0 Å². The van der Waals surface area contributed by atoms with Crippen LogP contribution in [0.4, 0.5) is 4.39 Å². The fourth-order valence-electron chi connectivity index (χ4n) is 1.56. The maximum absolute atomic E-state index is 13.5. The van der Waals surface area contributed by atoms with Gasteiger partial charge in [-0.1, -0.05) is 6.92 Å². The average Bonchev–Trinajstić information content (AvgIpc) is 2.39. The number of carbonyl (C=O) groups excluding carboxylic acids is 1. The summed E-state index contributed by atoms with van der Waals surface area (Å²) in [6.07, 6.45) is 0.532. The van der Waals surface area contributed by atoms with E-state index >= 15 is 0 Å². The first-order valence-corrected chi connectivity index (χ1v) is 5.68. The highest BCUT2D eigenvalue weighted by molar-refractivity contribution is 5.81. The molecule has 1 rings (SSSR count). The zero-order chi connectivity index (χ0) is 13.7. The highest BCUT2D eigenvalue weighted by atomic mass is 19.1. The normalized spacial score (nSPS) is 11.7. The monoisotopic (exact) mass is 249 g/mol. The minimum absolute atomic E-state index is 0.105. The summed E-state index contributed by atoms with van der Waals surface area (Å²) < 4.78 is 13.5. The van der Waals surface area contributed by atoms with E-state index < -0.39 is 11.9 Å². The first-order chi connectivity index (χ1) is 8.49. The summed E-state index contributed by atoms with van der Waals surface area (Å²) in [7, 11) is 1.57. The lowest BCUT2D eigenvalue weighted by Gasteiger charge is -2.21. The van der Waals surface area contributed by atoms with Crippen LogP contribution in [0.5, 0.6) is 0 Å². The number of benzene rings is 1. The zero-order valence-corrected chi connectivity index (χ0v) is 10.5. The molecule has 2 N–H and O–H groups in total. The van der Waals surface area contributed by atoms with E-state index in [0.29, 0.717) is 17.5 Å². The van der Waals surface area contributed by atoms with Gasteiger partial charge in [0.2, 0.25) is 5.91 Å². The molecule has 96 valence electrons. The first-order valence-electron chi connectivity index (χ1n) is 5.68. The second-order valence-corrected chi connectivity index (χ2v) is 4.13. The van der Waals surface area contributed by atoms with Gasteiger partial charge in [-0.15, -0.1) is 0 Å². The van der Waals surface area contributed by atoms with Crippen LogP contribution >= 0.6 is 0 Å². The molecule has 0 saturated heterocycles. The van der Waals surface area contributed by atoms with Crippen molar-refractivity contribution < 1.29 is 9.18 Å². The van der Waals surface area contributed by atoms with E-state index in [4.69, 9.17) is 11.0 Å². The van der Waals surface area contributed by atoms with Crippen molar-refractivity contribution in [3.63, 3.8) is 0 Å². The fourth-order valence-corrected chi connectivity index (χ4v) is 1.56. The Balaban J connectivity index is 2.85. The van der Waals surface area contributed by atoms with Crippen molar-refractivity contribution in [2.24, 2.45) is 5.73 Å². The van der Waals surface area contributed by atoms with E-state index in [2.05, 4.69) is 0 Å². The Kier molecular flexibility index (Phi) is 4.81. The quantitative estimate of drug-likeness (QED) is 0.876. The molecule has 4 nitrogen and oxygen atoms in total. The fraction of sp³-hybridized carbons (Fsp3) is 0.385. The number of halogens is 1. The van der Waals surface area contributed by atoms with Gasteiger partial charge in [-0.25, -0.2) is 4.39 Å². The molecule has 0 heterocycles. The van der Waals surface area contributed by atoms with Crippen LogP contribution in [-0.4, -0.2) is 23.9 Å². The molecular weight excluding hydrogens is 233 g/mol. The number of nitrogens with zero attached hydrogens (tertiary/aromatic N) is 2. The largest absolute Gasteiger partial charge is 0.340 e. The standard InChI is InChI=1S/C13H16FN3O/c1-3-12(16)13(18)17(2)8-10-6-9(7-15)4-5-11(10)14/h4-6,12H,3,8,16H2,1-2H3/t12-/m0/s1. The van der Waals surface area contributed by atoms with Gasteiger partial charge in [0.05, 0.1) is 17.7 Å². The van der Waals surface area contributed by atoms with Gasteiger partial charge in [0.25, 0.3) is 0 Å². The van der Waals surface area contributed by atoms with Gasteiger partial charge in [0.15, 0.2) is 0 Å².